The largest absolute Gasteiger partial charge is 0.327 e. The molecule has 2 nitrogen and oxygen atoms in total. The minimum Gasteiger partial charge on any atom is -0.327 e. The topological polar surface area (TPSA) is 29.3 Å². The number of hydrogen-bond acceptors (Lipinski definition) is 2. The second-order valence-electron chi connectivity index (χ2n) is 7.19. The fourth-order valence-electron chi connectivity index (χ4n) is 3.94. The summed E-state index contributed by atoms with van der Waals surface area (Å²) < 4.78 is 0. The average Bonchev–Trinajstić information content (AvgIpc) is 2.88. The fraction of sp³-hybridized carbons (Fsp3) is 1.00. The predicted molar refractivity (Wildman–Crippen MR) is 78.6 cm³/mol. The van der Waals surface area contributed by atoms with Crippen molar-refractivity contribution >= 4 is 0 Å². The Balaban J connectivity index is 1.80. The number of fused-ring (bicyclic) bond motifs is 1. The molecule has 18 heavy (non-hydrogen) atoms. The van der Waals surface area contributed by atoms with Crippen molar-refractivity contribution in [1.82, 2.24) is 4.90 Å². The van der Waals surface area contributed by atoms with Crippen LogP contribution in [-0.2, 0) is 0 Å². The van der Waals surface area contributed by atoms with Crippen LogP contribution in [-0.4, -0.2) is 29.6 Å². The zero-order chi connectivity index (χ0) is 13.2. The lowest BCUT2D eigenvalue weighted by atomic mass is 9.94. The normalized spacial score (nSPS) is 33.0. The zero-order valence-corrected chi connectivity index (χ0v) is 12.6. The Kier molecular flexibility index (Phi) is 4.71. The molecule has 0 amide bonds. The van der Waals surface area contributed by atoms with Crippen LogP contribution >= 0.6 is 0 Å². The van der Waals surface area contributed by atoms with E-state index in [2.05, 4.69) is 25.7 Å². The van der Waals surface area contributed by atoms with Gasteiger partial charge in [0.15, 0.2) is 0 Å². The van der Waals surface area contributed by atoms with Gasteiger partial charge in [0.05, 0.1) is 0 Å². The summed E-state index contributed by atoms with van der Waals surface area (Å²) in [7, 11) is 0. The summed E-state index contributed by atoms with van der Waals surface area (Å²) in [6.07, 6.45) is 9.50. The Labute approximate surface area is 113 Å². The molecule has 2 rings (SSSR count). The minimum atomic E-state index is 0.387. The number of nitrogens with two attached hydrogens (primary N) is 1. The third kappa shape index (κ3) is 3.08. The molecule has 1 aliphatic carbocycles. The molecule has 1 unspecified atom stereocenters. The summed E-state index contributed by atoms with van der Waals surface area (Å²) in [6.45, 7) is 9.72. The summed E-state index contributed by atoms with van der Waals surface area (Å²) in [5.41, 5.74) is 6.63. The third-order valence-corrected chi connectivity index (χ3v) is 5.41. The molecular weight excluding hydrogens is 220 g/mol. The van der Waals surface area contributed by atoms with E-state index in [-0.39, 0.29) is 0 Å². The van der Waals surface area contributed by atoms with E-state index in [0.29, 0.717) is 11.6 Å². The van der Waals surface area contributed by atoms with Gasteiger partial charge in [0.2, 0.25) is 0 Å². The van der Waals surface area contributed by atoms with E-state index in [1.807, 2.05) is 0 Å². The van der Waals surface area contributed by atoms with Gasteiger partial charge in [-0.2, -0.15) is 0 Å². The number of nitrogens with zero attached hydrogens (tertiary/aromatic N) is 1. The van der Waals surface area contributed by atoms with Gasteiger partial charge in [0.25, 0.3) is 0 Å². The Morgan fingerprint density at radius 3 is 2.56 bits per heavy atom. The van der Waals surface area contributed by atoms with Crippen LogP contribution in [0.3, 0.4) is 0 Å². The summed E-state index contributed by atoms with van der Waals surface area (Å²) in [5, 5.41) is 0. The molecule has 0 aromatic heterocycles. The standard InChI is InChI=1S/C16H32N2/c1-4-5-6-7-10-16(2,3)18-11-13-8-9-15(17)14(13)12-18/h13-15H,4-12,17H2,1-3H3/t13-,14+,15?/m1/s1. The van der Waals surface area contributed by atoms with Crippen LogP contribution in [0.25, 0.3) is 0 Å². The SMILES string of the molecule is CCCCCCC(C)(C)N1C[C@H]2CCC(N)[C@H]2C1. The number of hydrogen-bond donors (Lipinski definition) is 1. The van der Waals surface area contributed by atoms with Crippen molar-refractivity contribution in [2.45, 2.75) is 77.3 Å². The minimum absolute atomic E-state index is 0.387. The van der Waals surface area contributed by atoms with Crippen LogP contribution < -0.4 is 5.73 Å². The Morgan fingerprint density at radius 2 is 1.89 bits per heavy atom. The van der Waals surface area contributed by atoms with Gasteiger partial charge in [-0.3, -0.25) is 4.90 Å². The van der Waals surface area contributed by atoms with E-state index in [9.17, 15) is 0 Å². The van der Waals surface area contributed by atoms with E-state index in [1.165, 1.54) is 58.0 Å². The van der Waals surface area contributed by atoms with Gasteiger partial charge in [-0.15, -0.1) is 0 Å². The first kappa shape index (κ1) is 14.3. The predicted octanol–water partition coefficient (Wildman–Crippen LogP) is 3.40. The summed E-state index contributed by atoms with van der Waals surface area (Å²) >= 11 is 0. The molecule has 0 aromatic rings. The van der Waals surface area contributed by atoms with Crippen molar-refractivity contribution in [3.8, 4) is 0 Å². The van der Waals surface area contributed by atoms with Crippen LogP contribution in [0, 0.1) is 11.8 Å². The maximum Gasteiger partial charge on any atom is 0.0153 e. The molecule has 2 fully saturated rings. The Morgan fingerprint density at radius 1 is 1.11 bits per heavy atom. The van der Waals surface area contributed by atoms with Crippen molar-refractivity contribution in [2.24, 2.45) is 17.6 Å². The second kappa shape index (κ2) is 5.92. The molecule has 2 N–H and O–H groups in total. The van der Waals surface area contributed by atoms with Crippen molar-refractivity contribution in [1.29, 1.82) is 0 Å². The van der Waals surface area contributed by atoms with Gasteiger partial charge in [0.1, 0.15) is 0 Å². The molecule has 3 atom stereocenters. The molecule has 2 heteroatoms. The fourth-order valence-corrected chi connectivity index (χ4v) is 3.94. The highest BCUT2D eigenvalue weighted by Gasteiger charge is 2.44. The number of likely N-dealkylation sites (tertiary alicyclic amines) is 1. The maximum atomic E-state index is 6.24. The van der Waals surface area contributed by atoms with Gasteiger partial charge in [-0.25, -0.2) is 0 Å². The van der Waals surface area contributed by atoms with E-state index >= 15 is 0 Å². The highest BCUT2D eigenvalue weighted by molar-refractivity contribution is 4.99. The first-order valence-electron chi connectivity index (χ1n) is 8.05. The first-order valence-corrected chi connectivity index (χ1v) is 8.05. The molecule has 1 heterocycles. The quantitative estimate of drug-likeness (QED) is 0.734. The molecule has 1 saturated heterocycles. The van der Waals surface area contributed by atoms with Crippen molar-refractivity contribution in [3.63, 3.8) is 0 Å². The number of rotatable bonds is 6. The monoisotopic (exact) mass is 252 g/mol. The van der Waals surface area contributed by atoms with Crippen LogP contribution in [0.5, 0.6) is 0 Å². The highest BCUT2D eigenvalue weighted by atomic mass is 15.2. The molecule has 0 radical (unpaired) electrons. The molecular formula is C16H32N2. The average molecular weight is 252 g/mol. The molecule has 106 valence electrons. The maximum absolute atomic E-state index is 6.24. The van der Waals surface area contributed by atoms with Crippen LogP contribution in [0.2, 0.25) is 0 Å². The molecule has 1 saturated carbocycles. The Bertz CT molecular complexity index is 262. The second-order valence-corrected chi connectivity index (χ2v) is 7.19. The van der Waals surface area contributed by atoms with Crippen molar-refractivity contribution in [2.75, 3.05) is 13.1 Å². The lowest BCUT2D eigenvalue weighted by Crippen LogP contribution is -2.43. The van der Waals surface area contributed by atoms with E-state index in [4.69, 9.17) is 5.73 Å². The molecule has 1 aliphatic heterocycles. The summed E-state index contributed by atoms with van der Waals surface area (Å²) in [6, 6.07) is 0.482. The summed E-state index contributed by atoms with van der Waals surface area (Å²) in [5.74, 6) is 1.69. The van der Waals surface area contributed by atoms with Crippen molar-refractivity contribution < 1.29 is 0 Å². The highest BCUT2D eigenvalue weighted by Crippen LogP contribution is 2.40. The van der Waals surface area contributed by atoms with E-state index in [0.717, 1.165) is 11.8 Å². The molecule has 0 bridgehead atoms. The molecule has 0 aromatic carbocycles. The van der Waals surface area contributed by atoms with E-state index < -0.39 is 0 Å². The van der Waals surface area contributed by atoms with Gasteiger partial charge in [-0.05, 0) is 44.9 Å². The van der Waals surface area contributed by atoms with Gasteiger partial charge >= 0.3 is 0 Å². The molecule has 0 spiro atoms. The van der Waals surface area contributed by atoms with Gasteiger partial charge in [-0.1, -0.05) is 32.6 Å². The third-order valence-electron chi connectivity index (χ3n) is 5.41. The smallest absolute Gasteiger partial charge is 0.0153 e. The Hall–Kier alpha value is -0.0800. The van der Waals surface area contributed by atoms with E-state index in [1.54, 1.807) is 0 Å². The summed E-state index contributed by atoms with van der Waals surface area (Å²) in [4.78, 5) is 2.73. The van der Waals surface area contributed by atoms with Crippen LogP contribution in [0.4, 0.5) is 0 Å². The van der Waals surface area contributed by atoms with Gasteiger partial charge < -0.3 is 5.73 Å². The lowest BCUT2D eigenvalue weighted by Gasteiger charge is -2.36. The molecule has 2 aliphatic rings. The number of unbranched alkanes of at least 4 members (excludes halogenated alkanes) is 3. The van der Waals surface area contributed by atoms with Crippen molar-refractivity contribution in [3.05, 3.63) is 0 Å². The first-order chi connectivity index (χ1) is 8.54. The van der Waals surface area contributed by atoms with Crippen LogP contribution in [0.1, 0.15) is 65.7 Å². The van der Waals surface area contributed by atoms with Crippen LogP contribution in [0.15, 0.2) is 0 Å². The lowest BCUT2D eigenvalue weighted by molar-refractivity contribution is 0.127. The van der Waals surface area contributed by atoms with Gasteiger partial charge in [0, 0.05) is 24.7 Å². The zero-order valence-electron chi connectivity index (χ0n) is 12.6.